The quantitative estimate of drug-likeness (QED) is 0.614. The maximum absolute atomic E-state index is 4.48. The molecular formula is C12H8N4. The van der Waals surface area contributed by atoms with Crippen LogP contribution in [0.1, 0.15) is 0 Å². The summed E-state index contributed by atoms with van der Waals surface area (Å²) in [6.45, 7) is 0. The van der Waals surface area contributed by atoms with Crippen LogP contribution < -0.4 is 0 Å². The van der Waals surface area contributed by atoms with Gasteiger partial charge >= 0.3 is 0 Å². The van der Waals surface area contributed by atoms with Crippen molar-refractivity contribution in [2.24, 2.45) is 0 Å². The zero-order valence-corrected chi connectivity index (χ0v) is 8.41. The Morgan fingerprint density at radius 2 is 1.75 bits per heavy atom. The molecule has 16 heavy (non-hydrogen) atoms. The molecule has 0 aromatic carbocycles. The molecule has 0 saturated heterocycles. The molecule has 0 N–H and O–H groups in total. The summed E-state index contributed by atoms with van der Waals surface area (Å²) in [6.07, 6.45) is 6.76. The van der Waals surface area contributed by atoms with Gasteiger partial charge in [-0.3, -0.25) is 15.0 Å². The lowest BCUT2D eigenvalue weighted by atomic mass is 10.2. The first-order valence-electron chi connectivity index (χ1n) is 4.92. The number of fused-ring (bicyclic) bond motifs is 1. The number of rotatable bonds is 1. The molecule has 0 aliphatic rings. The van der Waals surface area contributed by atoms with E-state index >= 15 is 0 Å². The van der Waals surface area contributed by atoms with Gasteiger partial charge < -0.3 is 0 Å². The number of pyridine rings is 2. The van der Waals surface area contributed by atoms with Crippen molar-refractivity contribution >= 4 is 11.0 Å². The van der Waals surface area contributed by atoms with Crippen LogP contribution in [-0.4, -0.2) is 19.9 Å². The molecule has 0 aliphatic carbocycles. The molecule has 0 saturated carbocycles. The number of hydrogen-bond acceptors (Lipinski definition) is 4. The predicted molar refractivity (Wildman–Crippen MR) is 60.6 cm³/mol. The SMILES string of the molecule is c1cnc2ccc(-c3cnccn3)nc2c1. The minimum atomic E-state index is 0.772. The highest BCUT2D eigenvalue weighted by Gasteiger charge is 2.02. The van der Waals surface area contributed by atoms with E-state index in [0.717, 1.165) is 22.4 Å². The third-order valence-corrected chi connectivity index (χ3v) is 2.28. The van der Waals surface area contributed by atoms with E-state index in [1.807, 2.05) is 24.3 Å². The highest BCUT2D eigenvalue weighted by molar-refractivity contribution is 5.76. The summed E-state index contributed by atoms with van der Waals surface area (Å²) < 4.78 is 0. The van der Waals surface area contributed by atoms with Crippen LogP contribution in [0.15, 0.2) is 49.1 Å². The van der Waals surface area contributed by atoms with Gasteiger partial charge in [-0.2, -0.15) is 0 Å². The fourth-order valence-corrected chi connectivity index (χ4v) is 1.53. The molecule has 0 radical (unpaired) electrons. The van der Waals surface area contributed by atoms with Crippen molar-refractivity contribution in [2.45, 2.75) is 0 Å². The second-order valence-electron chi connectivity index (χ2n) is 3.33. The average Bonchev–Trinajstić information content (AvgIpc) is 2.39. The first-order chi connectivity index (χ1) is 7.93. The molecule has 76 valence electrons. The monoisotopic (exact) mass is 208 g/mol. The van der Waals surface area contributed by atoms with E-state index in [4.69, 9.17) is 0 Å². The second kappa shape index (κ2) is 3.66. The van der Waals surface area contributed by atoms with Crippen LogP contribution in [0.25, 0.3) is 22.4 Å². The van der Waals surface area contributed by atoms with Crippen molar-refractivity contribution < 1.29 is 0 Å². The van der Waals surface area contributed by atoms with Gasteiger partial charge in [-0.15, -0.1) is 0 Å². The number of aromatic nitrogens is 4. The summed E-state index contributed by atoms with van der Waals surface area (Å²) >= 11 is 0. The zero-order chi connectivity index (χ0) is 10.8. The Kier molecular flexibility index (Phi) is 2.04. The van der Waals surface area contributed by atoms with Crippen molar-refractivity contribution in [2.75, 3.05) is 0 Å². The summed E-state index contributed by atoms with van der Waals surface area (Å²) in [5.41, 5.74) is 3.34. The Hall–Kier alpha value is -2.36. The number of hydrogen-bond donors (Lipinski definition) is 0. The molecule has 0 amide bonds. The largest absolute Gasteiger partial charge is 0.261 e. The van der Waals surface area contributed by atoms with Crippen LogP contribution in [0.5, 0.6) is 0 Å². The molecule has 3 heterocycles. The molecule has 3 aromatic heterocycles. The standard InChI is InChI=1S/C12H8N4/c1-2-10-9(14-5-1)3-4-11(16-10)12-8-13-6-7-15-12/h1-8H. The third kappa shape index (κ3) is 1.50. The first-order valence-corrected chi connectivity index (χ1v) is 4.92. The van der Waals surface area contributed by atoms with Gasteiger partial charge in [0.25, 0.3) is 0 Å². The van der Waals surface area contributed by atoms with Crippen LogP contribution in [0.4, 0.5) is 0 Å². The molecule has 3 aromatic rings. The van der Waals surface area contributed by atoms with E-state index in [1.54, 1.807) is 24.8 Å². The summed E-state index contributed by atoms with van der Waals surface area (Å²) in [7, 11) is 0. The van der Waals surface area contributed by atoms with Gasteiger partial charge in [0.2, 0.25) is 0 Å². The van der Waals surface area contributed by atoms with Gasteiger partial charge in [0.05, 0.1) is 22.9 Å². The van der Waals surface area contributed by atoms with E-state index in [1.165, 1.54) is 0 Å². The summed E-state index contributed by atoms with van der Waals surface area (Å²) in [5.74, 6) is 0. The molecule has 3 rings (SSSR count). The van der Waals surface area contributed by atoms with Gasteiger partial charge in [-0.05, 0) is 24.3 Å². The fraction of sp³-hybridized carbons (Fsp3) is 0. The van der Waals surface area contributed by atoms with Crippen LogP contribution in [-0.2, 0) is 0 Å². The lowest BCUT2D eigenvalue weighted by Gasteiger charge is -2.00. The van der Waals surface area contributed by atoms with Crippen LogP contribution >= 0.6 is 0 Å². The normalized spacial score (nSPS) is 10.5. The summed E-state index contributed by atoms with van der Waals surface area (Å²) in [4.78, 5) is 16.9. The van der Waals surface area contributed by atoms with Gasteiger partial charge in [0.1, 0.15) is 5.69 Å². The molecule has 0 aliphatic heterocycles. The van der Waals surface area contributed by atoms with Crippen molar-refractivity contribution in [1.82, 2.24) is 19.9 Å². The maximum atomic E-state index is 4.48. The Morgan fingerprint density at radius 1 is 0.750 bits per heavy atom. The maximum Gasteiger partial charge on any atom is 0.107 e. The van der Waals surface area contributed by atoms with E-state index in [-0.39, 0.29) is 0 Å². The Bertz CT molecular complexity index is 622. The Labute approximate surface area is 92.0 Å². The van der Waals surface area contributed by atoms with E-state index in [9.17, 15) is 0 Å². The van der Waals surface area contributed by atoms with Gasteiger partial charge in [0.15, 0.2) is 0 Å². The molecule has 0 unspecified atom stereocenters. The predicted octanol–water partition coefficient (Wildman–Crippen LogP) is 2.09. The molecule has 4 nitrogen and oxygen atoms in total. The molecule has 0 spiro atoms. The van der Waals surface area contributed by atoms with Crippen LogP contribution in [0, 0.1) is 0 Å². The van der Waals surface area contributed by atoms with Crippen molar-refractivity contribution in [1.29, 1.82) is 0 Å². The zero-order valence-electron chi connectivity index (χ0n) is 8.41. The molecule has 0 bridgehead atoms. The van der Waals surface area contributed by atoms with E-state index in [0.29, 0.717) is 0 Å². The molecule has 0 fully saturated rings. The van der Waals surface area contributed by atoms with Gasteiger partial charge in [0, 0.05) is 18.6 Å². The van der Waals surface area contributed by atoms with Crippen LogP contribution in [0.3, 0.4) is 0 Å². The second-order valence-corrected chi connectivity index (χ2v) is 3.33. The summed E-state index contributed by atoms with van der Waals surface area (Å²) in [5, 5.41) is 0. The Morgan fingerprint density at radius 3 is 2.62 bits per heavy atom. The minimum absolute atomic E-state index is 0.772. The average molecular weight is 208 g/mol. The van der Waals surface area contributed by atoms with Crippen molar-refractivity contribution in [3.8, 4) is 11.4 Å². The smallest absolute Gasteiger partial charge is 0.107 e. The van der Waals surface area contributed by atoms with E-state index in [2.05, 4.69) is 19.9 Å². The third-order valence-electron chi connectivity index (χ3n) is 2.28. The highest BCUT2D eigenvalue weighted by Crippen LogP contribution is 2.16. The van der Waals surface area contributed by atoms with Gasteiger partial charge in [-0.1, -0.05) is 0 Å². The van der Waals surface area contributed by atoms with Gasteiger partial charge in [-0.25, -0.2) is 4.98 Å². The minimum Gasteiger partial charge on any atom is -0.261 e. The topological polar surface area (TPSA) is 51.6 Å². The lowest BCUT2D eigenvalue weighted by molar-refractivity contribution is 1.18. The molecule has 0 atom stereocenters. The van der Waals surface area contributed by atoms with E-state index < -0.39 is 0 Å². The summed E-state index contributed by atoms with van der Waals surface area (Å²) in [6, 6.07) is 7.64. The highest BCUT2D eigenvalue weighted by atomic mass is 14.8. The molecular weight excluding hydrogens is 200 g/mol. The van der Waals surface area contributed by atoms with Crippen LogP contribution in [0.2, 0.25) is 0 Å². The van der Waals surface area contributed by atoms with Crippen molar-refractivity contribution in [3.63, 3.8) is 0 Å². The fourth-order valence-electron chi connectivity index (χ4n) is 1.53. The lowest BCUT2D eigenvalue weighted by Crippen LogP contribution is -1.89. The Balaban J connectivity index is 2.19. The first kappa shape index (κ1) is 8.91. The molecule has 4 heteroatoms. The number of nitrogens with zero attached hydrogens (tertiary/aromatic N) is 4. The van der Waals surface area contributed by atoms with Crippen molar-refractivity contribution in [3.05, 3.63) is 49.1 Å².